The van der Waals surface area contributed by atoms with Crippen molar-refractivity contribution < 1.29 is 4.79 Å². The first kappa shape index (κ1) is 16.2. The molecule has 3 heteroatoms. The highest BCUT2D eigenvalue weighted by Crippen LogP contribution is 2.40. The Labute approximate surface area is 118 Å². The molecule has 0 aromatic carbocycles. The van der Waals surface area contributed by atoms with E-state index in [1.165, 1.54) is 0 Å². The van der Waals surface area contributed by atoms with E-state index in [1.54, 1.807) is 0 Å². The molecule has 0 aromatic rings. The molecule has 0 saturated carbocycles. The van der Waals surface area contributed by atoms with Crippen molar-refractivity contribution in [1.82, 2.24) is 4.90 Å². The highest BCUT2D eigenvalue weighted by atomic mass is 16.2. The minimum absolute atomic E-state index is 0.00628. The number of nitrogens with zero attached hydrogens (tertiary/aromatic N) is 2. The maximum Gasteiger partial charge on any atom is 0.228 e. The number of carbonyl (C=O) groups excluding carboxylic acids is 1. The van der Waals surface area contributed by atoms with Gasteiger partial charge in [0.05, 0.1) is 18.5 Å². The molecule has 0 spiro atoms. The Morgan fingerprint density at radius 3 is 2.21 bits per heavy atom. The second-order valence-electron chi connectivity index (χ2n) is 7.77. The summed E-state index contributed by atoms with van der Waals surface area (Å²) in [6, 6.07) is 0.0573. The van der Waals surface area contributed by atoms with Crippen LogP contribution >= 0.6 is 0 Å². The van der Waals surface area contributed by atoms with Crippen LogP contribution in [0.2, 0.25) is 0 Å². The lowest BCUT2D eigenvalue weighted by molar-refractivity contribution is -0.140. The molecule has 1 aliphatic rings. The van der Waals surface area contributed by atoms with Gasteiger partial charge in [-0.3, -0.25) is 9.79 Å². The fraction of sp³-hybridized carbons (Fsp3) is 0.875. The topological polar surface area (TPSA) is 32.7 Å². The van der Waals surface area contributed by atoms with E-state index in [1.807, 2.05) is 11.1 Å². The van der Waals surface area contributed by atoms with Crippen molar-refractivity contribution in [1.29, 1.82) is 0 Å². The van der Waals surface area contributed by atoms with Gasteiger partial charge in [0.2, 0.25) is 5.91 Å². The van der Waals surface area contributed by atoms with Crippen LogP contribution in [0, 0.1) is 16.7 Å². The van der Waals surface area contributed by atoms with Crippen molar-refractivity contribution in [3.63, 3.8) is 0 Å². The first-order valence-electron chi connectivity index (χ1n) is 7.39. The molecule has 0 radical (unpaired) electrons. The highest BCUT2D eigenvalue weighted by molar-refractivity contribution is 5.84. The molecule has 110 valence electrons. The monoisotopic (exact) mass is 266 g/mol. The molecule has 3 nitrogen and oxygen atoms in total. The third-order valence-corrected chi connectivity index (χ3v) is 3.78. The van der Waals surface area contributed by atoms with Gasteiger partial charge >= 0.3 is 0 Å². The van der Waals surface area contributed by atoms with Crippen molar-refractivity contribution >= 4 is 12.1 Å². The summed E-state index contributed by atoms with van der Waals surface area (Å²) < 4.78 is 0. The number of aliphatic imine (C=N–C) groups is 1. The van der Waals surface area contributed by atoms with Gasteiger partial charge in [0.25, 0.3) is 0 Å². The van der Waals surface area contributed by atoms with E-state index in [9.17, 15) is 4.79 Å². The summed E-state index contributed by atoms with van der Waals surface area (Å²) in [5.41, 5.74) is -0.0605. The minimum Gasteiger partial charge on any atom is -0.337 e. The van der Waals surface area contributed by atoms with Crippen LogP contribution in [0.25, 0.3) is 0 Å². The molecule has 2 atom stereocenters. The van der Waals surface area contributed by atoms with E-state index in [0.717, 1.165) is 13.0 Å². The maximum absolute atomic E-state index is 12.9. The van der Waals surface area contributed by atoms with Crippen LogP contribution in [0.15, 0.2) is 4.99 Å². The maximum atomic E-state index is 12.9. The lowest BCUT2D eigenvalue weighted by Crippen LogP contribution is -2.48. The van der Waals surface area contributed by atoms with Gasteiger partial charge < -0.3 is 4.90 Å². The fourth-order valence-corrected chi connectivity index (χ4v) is 2.81. The minimum atomic E-state index is -0.0668. The molecular formula is C16H30N2O. The highest BCUT2D eigenvalue weighted by Gasteiger charge is 2.45. The third-order valence-electron chi connectivity index (χ3n) is 3.78. The summed E-state index contributed by atoms with van der Waals surface area (Å²) in [6.07, 6.45) is 2.94. The molecule has 0 N–H and O–H groups in total. The number of rotatable bonds is 2. The largest absolute Gasteiger partial charge is 0.337 e. The third kappa shape index (κ3) is 3.80. The summed E-state index contributed by atoms with van der Waals surface area (Å²) in [5.74, 6) is 0.226. The SMILES string of the molecule is CCCN1CC=NC(C(C)(C)C)C(C(C)(C)C)C1=O. The first-order valence-corrected chi connectivity index (χ1v) is 7.39. The van der Waals surface area contributed by atoms with E-state index in [0.29, 0.717) is 6.54 Å². The summed E-state index contributed by atoms with van der Waals surface area (Å²) >= 11 is 0. The Morgan fingerprint density at radius 2 is 1.79 bits per heavy atom. The molecule has 0 saturated heterocycles. The van der Waals surface area contributed by atoms with E-state index >= 15 is 0 Å². The van der Waals surface area contributed by atoms with Crippen LogP contribution in [0.3, 0.4) is 0 Å². The Bertz CT molecular complexity index is 347. The summed E-state index contributed by atoms with van der Waals surface area (Å²) in [4.78, 5) is 19.6. The zero-order valence-corrected chi connectivity index (χ0v) is 13.7. The van der Waals surface area contributed by atoms with Gasteiger partial charge in [0.15, 0.2) is 0 Å². The molecule has 19 heavy (non-hydrogen) atoms. The van der Waals surface area contributed by atoms with E-state index < -0.39 is 0 Å². The molecule has 1 aliphatic heterocycles. The van der Waals surface area contributed by atoms with Gasteiger partial charge in [0.1, 0.15) is 0 Å². The standard InChI is InChI=1S/C16H30N2O/c1-8-10-18-11-9-17-13(16(5,6)7)12(14(18)19)15(2,3)4/h9,12-13H,8,10-11H2,1-7H3. The lowest BCUT2D eigenvalue weighted by atomic mass is 9.68. The molecule has 0 aliphatic carbocycles. The van der Waals surface area contributed by atoms with Crippen LogP contribution in [0.5, 0.6) is 0 Å². The van der Waals surface area contributed by atoms with Gasteiger partial charge in [-0.25, -0.2) is 0 Å². The number of amides is 1. The molecule has 0 aromatic heterocycles. The van der Waals surface area contributed by atoms with Gasteiger partial charge in [-0.1, -0.05) is 48.5 Å². The second-order valence-corrected chi connectivity index (χ2v) is 7.77. The van der Waals surface area contributed by atoms with E-state index in [2.05, 4.69) is 48.5 Å². The Hall–Kier alpha value is -0.860. The smallest absolute Gasteiger partial charge is 0.228 e. The first-order chi connectivity index (χ1) is 8.59. The van der Waals surface area contributed by atoms with Crippen molar-refractivity contribution in [3.05, 3.63) is 0 Å². The molecule has 1 amide bonds. The average molecular weight is 266 g/mol. The van der Waals surface area contributed by atoms with Gasteiger partial charge in [0, 0.05) is 12.8 Å². The summed E-state index contributed by atoms with van der Waals surface area (Å²) in [5, 5.41) is 0. The fourth-order valence-electron chi connectivity index (χ4n) is 2.81. The van der Waals surface area contributed by atoms with Crippen LogP contribution < -0.4 is 0 Å². The number of carbonyl (C=O) groups is 1. The molecule has 1 rings (SSSR count). The van der Waals surface area contributed by atoms with Crippen LogP contribution in [-0.4, -0.2) is 36.2 Å². The summed E-state index contributed by atoms with van der Waals surface area (Å²) in [6.45, 7) is 16.6. The molecule has 1 heterocycles. The normalized spacial score (nSPS) is 25.6. The predicted molar refractivity (Wildman–Crippen MR) is 81.6 cm³/mol. The van der Waals surface area contributed by atoms with Gasteiger partial charge in [-0.2, -0.15) is 0 Å². The van der Waals surface area contributed by atoms with E-state index in [-0.39, 0.29) is 28.7 Å². The van der Waals surface area contributed by atoms with Crippen LogP contribution in [-0.2, 0) is 4.79 Å². The Morgan fingerprint density at radius 1 is 1.21 bits per heavy atom. The van der Waals surface area contributed by atoms with Crippen molar-refractivity contribution in [2.45, 2.75) is 60.9 Å². The van der Waals surface area contributed by atoms with Crippen molar-refractivity contribution in [2.24, 2.45) is 21.7 Å². The number of hydrogen-bond acceptors (Lipinski definition) is 2. The zero-order chi connectivity index (χ0) is 14.8. The lowest BCUT2D eigenvalue weighted by Gasteiger charge is -2.41. The van der Waals surface area contributed by atoms with E-state index in [4.69, 9.17) is 4.99 Å². The Kier molecular flexibility index (Phi) is 4.81. The number of hydrogen-bond donors (Lipinski definition) is 0. The average Bonchev–Trinajstić information content (AvgIpc) is 2.38. The van der Waals surface area contributed by atoms with Crippen molar-refractivity contribution in [2.75, 3.05) is 13.1 Å². The summed E-state index contributed by atoms with van der Waals surface area (Å²) in [7, 11) is 0. The second kappa shape index (κ2) is 5.64. The van der Waals surface area contributed by atoms with Gasteiger partial charge in [-0.05, 0) is 17.3 Å². The quantitative estimate of drug-likeness (QED) is 0.754. The van der Waals surface area contributed by atoms with Crippen LogP contribution in [0.4, 0.5) is 0 Å². The van der Waals surface area contributed by atoms with Crippen molar-refractivity contribution in [3.8, 4) is 0 Å². The molecular weight excluding hydrogens is 236 g/mol. The van der Waals surface area contributed by atoms with Crippen LogP contribution in [0.1, 0.15) is 54.9 Å². The molecule has 0 bridgehead atoms. The Balaban J connectivity index is 3.17. The molecule has 2 unspecified atom stereocenters. The zero-order valence-electron chi connectivity index (χ0n) is 13.7. The molecule has 0 fully saturated rings. The van der Waals surface area contributed by atoms with Gasteiger partial charge in [-0.15, -0.1) is 0 Å². The predicted octanol–water partition coefficient (Wildman–Crippen LogP) is 3.39.